The molecule has 0 aliphatic carbocycles. The highest BCUT2D eigenvalue weighted by atomic mass is 19.1. The number of hydrogen-bond donors (Lipinski definition) is 1. The van der Waals surface area contributed by atoms with Crippen molar-refractivity contribution in [3.63, 3.8) is 0 Å². The third kappa shape index (κ3) is 5.60. The molecule has 1 heterocycles. The fraction of sp³-hybridized carbons (Fsp3) is 0.261. The van der Waals surface area contributed by atoms with E-state index in [0.717, 1.165) is 5.56 Å². The van der Waals surface area contributed by atoms with E-state index in [1.165, 1.54) is 6.07 Å². The predicted octanol–water partition coefficient (Wildman–Crippen LogP) is 4.32. The molecule has 0 fully saturated rings. The van der Waals surface area contributed by atoms with Crippen molar-refractivity contribution in [2.24, 2.45) is 0 Å². The summed E-state index contributed by atoms with van der Waals surface area (Å²) in [6, 6.07) is 20.0. The van der Waals surface area contributed by atoms with Gasteiger partial charge in [0.2, 0.25) is 0 Å². The molecule has 5 nitrogen and oxygen atoms in total. The number of amides is 1. The van der Waals surface area contributed by atoms with Crippen molar-refractivity contribution in [1.82, 2.24) is 15.1 Å². The Labute approximate surface area is 170 Å². The van der Waals surface area contributed by atoms with E-state index in [1.54, 1.807) is 29.2 Å². The number of hydrogen-bond acceptors (Lipinski definition) is 4. The van der Waals surface area contributed by atoms with E-state index in [9.17, 15) is 9.18 Å². The molecule has 0 bridgehead atoms. The lowest BCUT2D eigenvalue weighted by Crippen LogP contribution is -2.37. The molecule has 0 spiro atoms. The second-order valence-electron chi connectivity index (χ2n) is 7.08. The van der Waals surface area contributed by atoms with Crippen molar-refractivity contribution >= 4 is 11.7 Å². The summed E-state index contributed by atoms with van der Waals surface area (Å²) in [5, 5.41) is 11.3. The van der Waals surface area contributed by atoms with Crippen LogP contribution >= 0.6 is 0 Å². The molecular formula is C23H25FN4O. The number of carbonyl (C=O) groups excluding carboxylic acids is 1. The van der Waals surface area contributed by atoms with Crippen molar-refractivity contribution in [3.8, 4) is 0 Å². The normalized spacial score (nSPS) is 10.8. The van der Waals surface area contributed by atoms with Crippen LogP contribution in [-0.4, -0.2) is 33.6 Å². The number of anilines is 1. The van der Waals surface area contributed by atoms with Crippen LogP contribution in [0.1, 0.15) is 35.5 Å². The van der Waals surface area contributed by atoms with Crippen LogP contribution in [0, 0.1) is 5.82 Å². The van der Waals surface area contributed by atoms with Crippen molar-refractivity contribution in [3.05, 3.63) is 89.4 Å². The molecule has 29 heavy (non-hydrogen) atoms. The lowest BCUT2D eigenvalue weighted by molar-refractivity contribution is 0.0683. The van der Waals surface area contributed by atoms with Gasteiger partial charge < -0.3 is 10.2 Å². The van der Waals surface area contributed by atoms with Crippen LogP contribution < -0.4 is 5.32 Å². The SMILES string of the molecule is CC(C)N(Cc1ccccc1)C(=O)c1ccc(NCCc2ccccc2F)nn1. The molecular weight excluding hydrogens is 367 g/mol. The van der Waals surface area contributed by atoms with Gasteiger partial charge in [0.1, 0.15) is 11.6 Å². The van der Waals surface area contributed by atoms with Gasteiger partial charge in [-0.2, -0.15) is 0 Å². The minimum absolute atomic E-state index is 0.0306. The van der Waals surface area contributed by atoms with Gasteiger partial charge in [0.25, 0.3) is 5.91 Å². The topological polar surface area (TPSA) is 58.1 Å². The highest BCUT2D eigenvalue weighted by molar-refractivity contribution is 5.92. The van der Waals surface area contributed by atoms with E-state index in [1.807, 2.05) is 50.2 Å². The summed E-state index contributed by atoms with van der Waals surface area (Å²) in [5.41, 5.74) is 2.01. The summed E-state index contributed by atoms with van der Waals surface area (Å²) in [7, 11) is 0. The molecule has 2 aromatic carbocycles. The van der Waals surface area contributed by atoms with E-state index in [-0.39, 0.29) is 17.8 Å². The largest absolute Gasteiger partial charge is 0.368 e. The average Bonchev–Trinajstić information content (AvgIpc) is 2.74. The second-order valence-corrected chi connectivity index (χ2v) is 7.08. The maximum Gasteiger partial charge on any atom is 0.274 e. The van der Waals surface area contributed by atoms with Crippen LogP contribution in [-0.2, 0) is 13.0 Å². The van der Waals surface area contributed by atoms with Gasteiger partial charge in [0.15, 0.2) is 5.69 Å². The van der Waals surface area contributed by atoms with Crippen LogP contribution in [0.3, 0.4) is 0 Å². The summed E-state index contributed by atoms with van der Waals surface area (Å²) in [5.74, 6) is 0.180. The first-order chi connectivity index (χ1) is 14.0. The van der Waals surface area contributed by atoms with Crippen LogP contribution in [0.4, 0.5) is 10.2 Å². The Morgan fingerprint density at radius 1 is 1.00 bits per heavy atom. The summed E-state index contributed by atoms with van der Waals surface area (Å²) >= 11 is 0. The van der Waals surface area contributed by atoms with E-state index in [0.29, 0.717) is 36.6 Å². The minimum Gasteiger partial charge on any atom is -0.368 e. The molecule has 1 amide bonds. The van der Waals surface area contributed by atoms with E-state index in [4.69, 9.17) is 0 Å². The van der Waals surface area contributed by atoms with Gasteiger partial charge in [-0.05, 0) is 49.6 Å². The Kier molecular flexibility index (Phi) is 6.89. The Morgan fingerprint density at radius 2 is 1.72 bits per heavy atom. The van der Waals surface area contributed by atoms with E-state index < -0.39 is 0 Å². The Balaban J connectivity index is 1.60. The monoisotopic (exact) mass is 392 g/mol. The molecule has 6 heteroatoms. The first-order valence-electron chi connectivity index (χ1n) is 9.70. The van der Waals surface area contributed by atoms with Gasteiger partial charge in [-0.25, -0.2) is 4.39 Å². The van der Waals surface area contributed by atoms with Gasteiger partial charge in [-0.3, -0.25) is 4.79 Å². The van der Waals surface area contributed by atoms with Crippen LogP contribution in [0.2, 0.25) is 0 Å². The highest BCUT2D eigenvalue weighted by Crippen LogP contribution is 2.13. The first-order valence-corrected chi connectivity index (χ1v) is 9.70. The molecule has 0 saturated heterocycles. The zero-order chi connectivity index (χ0) is 20.6. The standard InChI is InChI=1S/C23H25FN4O/c1-17(2)28(16-18-8-4-3-5-9-18)23(29)21-12-13-22(27-26-21)25-15-14-19-10-6-7-11-20(19)24/h3-13,17H,14-16H2,1-2H3,(H,25,27). The Bertz CT molecular complexity index is 929. The van der Waals surface area contributed by atoms with Crippen molar-refractivity contribution in [1.29, 1.82) is 0 Å². The number of nitrogens with zero attached hydrogens (tertiary/aromatic N) is 3. The third-order valence-electron chi connectivity index (χ3n) is 4.62. The van der Waals surface area contributed by atoms with Crippen LogP contribution in [0.25, 0.3) is 0 Å². The first kappa shape index (κ1) is 20.5. The van der Waals surface area contributed by atoms with E-state index in [2.05, 4.69) is 15.5 Å². The van der Waals surface area contributed by atoms with Crippen LogP contribution in [0.5, 0.6) is 0 Å². The fourth-order valence-electron chi connectivity index (χ4n) is 2.98. The Hall–Kier alpha value is -3.28. The van der Waals surface area contributed by atoms with Crippen LogP contribution in [0.15, 0.2) is 66.7 Å². The minimum atomic E-state index is -0.214. The van der Waals surface area contributed by atoms with E-state index >= 15 is 0 Å². The molecule has 0 saturated carbocycles. The molecule has 150 valence electrons. The number of aromatic nitrogens is 2. The molecule has 1 aromatic heterocycles. The average molecular weight is 392 g/mol. The number of carbonyl (C=O) groups is 1. The van der Waals surface area contributed by atoms with Gasteiger partial charge >= 0.3 is 0 Å². The second kappa shape index (κ2) is 9.78. The molecule has 0 atom stereocenters. The third-order valence-corrected chi connectivity index (χ3v) is 4.62. The molecule has 3 rings (SSSR count). The molecule has 0 radical (unpaired) electrons. The summed E-state index contributed by atoms with van der Waals surface area (Å²) in [6.07, 6.45) is 0.535. The number of rotatable bonds is 8. The maximum absolute atomic E-state index is 13.7. The predicted molar refractivity (Wildman–Crippen MR) is 112 cm³/mol. The van der Waals surface area contributed by atoms with Gasteiger partial charge in [0, 0.05) is 19.1 Å². The number of nitrogens with one attached hydrogen (secondary N) is 1. The zero-order valence-corrected chi connectivity index (χ0v) is 16.7. The lowest BCUT2D eigenvalue weighted by atomic mass is 10.1. The quantitative estimate of drug-likeness (QED) is 0.620. The Morgan fingerprint density at radius 3 is 2.38 bits per heavy atom. The molecule has 0 aliphatic heterocycles. The lowest BCUT2D eigenvalue weighted by Gasteiger charge is -2.26. The van der Waals surface area contributed by atoms with Gasteiger partial charge in [-0.15, -0.1) is 10.2 Å². The van der Waals surface area contributed by atoms with Gasteiger partial charge in [0.05, 0.1) is 0 Å². The van der Waals surface area contributed by atoms with Crippen molar-refractivity contribution in [2.75, 3.05) is 11.9 Å². The molecule has 0 aliphatic rings. The maximum atomic E-state index is 13.7. The fourth-order valence-corrected chi connectivity index (χ4v) is 2.98. The zero-order valence-electron chi connectivity index (χ0n) is 16.7. The smallest absolute Gasteiger partial charge is 0.274 e. The van der Waals surface area contributed by atoms with Gasteiger partial charge in [-0.1, -0.05) is 48.5 Å². The summed E-state index contributed by atoms with van der Waals surface area (Å²) < 4.78 is 13.7. The summed E-state index contributed by atoms with van der Waals surface area (Å²) in [4.78, 5) is 14.7. The number of benzene rings is 2. The molecule has 3 aromatic rings. The van der Waals surface area contributed by atoms with Crippen molar-refractivity contribution in [2.45, 2.75) is 32.9 Å². The van der Waals surface area contributed by atoms with Crippen molar-refractivity contribution < 1.29 is 9.18 Å². The summed E-state index contributed by atoms with van der Waals surface area (Å²) in [6.45, 7) is 5.00. The molecule has 0 unspecified atom stereocenters. The molecule has 1 N–H and O–H groups in total. The number of halogens is 1. The highest BCUT2D eigenvalue weighted by Gasteiger charge is 2.20.